The maximum absolute atomic E-state index is 5.51. The van der Waals surface area contributed by atoms with Crippen molar-refractivity contribution in [1.82, 2.24) is 9.66 Å². The molecule has 1 aliphatic rings. The molecule has 0 spiro atoms. The number of thioether (sulfide) groups is 1. The van der Waals surface area contributed by atoms with Crippen LogP contribution in [0.2, 0.25) is 0 Å². The Labute approximate surface area is 159 Å². The van der Waals surface area contributed by atoms with Crippen molar-refractivity contribution >= 4 is 33.4 Å². The van der Waals surface area contributed by atoms with Crippen LogP contribution in [0.3, 0.4) is 0 Å². The molecule has 1 aromatic heterocycles. The van der Waals surface area contributed by atoms with Gasteiger partial charge in [0, 0.05) is 16.5 Å². The van der Waals surface area contributed by atoms with Gasteiger partial charge >= 0.3 is 0 Å². The van der Waals surface area contributed by atoms with Gasteiger partial charge in [-0.1, -0.05) is 42.1 Å². The number of fused-ring (bicyclic) bond motifs is 1. The molecule has 2 aromatic carbocycles. The Morgan fingerprint density at radius 2 is 1.84 bits per heavy atom. The maximum atomic E-state index is 5.51. The van der Waals surface area contributed by atoms with Crippen molar-refractivity contribution in [3.63, 3.8) is 0 Å². The van der Waals surface area contributed by atoms with Gasteiger partial charge < -0.3 is 4.74 Å². The van der Waals surface area contributed by atoms with Gasteiger partial charge in [-0.15, -0.1) is 0 Å². The minimum atomic E-state index is 0.670. The molecule has 126 valence electrons. The Morgan fingerprint density at radius 1 is 1.08 bits per heavy atom. The summed E-state index contributed by atoms with van der Waals surface area (Å²) in [5, 5.41) is 2.99. The van der Waals surface area contributed by atoms with Gasteiger partial charge in [-0.25, -0.2) is 9.66 Å². The van der Waals surface area contributed by atoms with Crippen molar-refractivity contribution in [2.45, 2.75) is 12.1 Å². The minimum absolute atomic E-state index is 0.670. The second kappa shape index (κ2) is 6.98. The lowest BCUT2D eigenvalue weighted by atomic mass is 10.2. The van der Waals surface area contributed by atoms with Gasteiger partial charge in [-0.2, -0.15) is 0 Å². The molecular formula is C19H16BrN3OS. The van der Waals surface area contributed by atoms with Crippen molar-refractivity contribution in [3.05, 3.63) is 70.2 Å². The first kappa shape index (κ1) is 16.3. The lowest BCUT2D eigenvalue weighted by Crippen LogP contribution is -2.17. The Hall–Kier alpha value is -2.18. The maximum Gasteiger partial charge on any atom is 0.193 e. The van der Waals surface area contributed by atoms with Gasteiger partial charge in [0.1, 0.15) is 16.0 Å². The standard InChI is InChI=1S/C19H16BrN3OS/c1-2-24-15-10-8-13(9-11-15)16-12-25-19-21-17(18(20)23(19)22-16)14-6-4-3-5-7-14/h3-12,22H,2H2,1H3. The summed E-state index contributed by atoms with van der Waals surface area (Å²) >= 11 is 5.29. The van der Waals surface area contributed by atoms with Gasteiger partial charge in [0.15, 0.2) is 5.16 Å². The summed E-state index contributed by atoms with van der Waals surface area (Å²) in [6, 6.07) is 18.2. The molecule has 1 aliphatic heterocycles. The molecule has 4 rings (SSSR count). The van der Waals surface area contributed by atoms with E-state index in [1.165, 1.54) is 0 Å². The highest BCUT2D eigenvalue weighted by Gasteiger charge is 2.21. The highest BCUT2D eigenvalue weighted by atomic mass is 79.9. The monoisotopic (exact) mass is 413 g/mol. The Bertz CT molecular complexity index is 920. The third kappa shape index (κ3) is 3.19. The van der Waals surface area contributed by atoms with Crippen LogP contribution in [0.4, 0.5) is 0 Å². The lowest BCUT2D eigenvalue weighted by Gasteiger charge is -2.19. The first-order chi connectivity index (χ1) is 12.3. The van der Waals surface area contributed by atoms with Crippen molar-refractivity contribution in [1.29, 1.82) is 0 Å². The summed E-state index contributed by atoms with van der Waals surface area (Å²) in [5.74, 6) is 0.881. The average molecular weight is 414 g/mol. The molecule has 0 saturated heterocycles. The highest BCUT2D eigenvalue weighted by Crippen LogP contribution is 2.36. The molecule has 0 saturated carbocycles. The number of ether oxygens (including phenoxy) is 1. The van der Waals surface area contributed by atoms with E-state index in [0.717, 1.165) is 38.0 Å². The second-order valence-corrected chi connectivity index (χ2v) is 7.04. The number of nitrogens with one attached hydrogen (secondary N) is 1. The number of rotatable bonds is 4. The fourth-order valence-corrected chi connectivity index (χ4v) is 4.12. The second-order valence-electron chi connectivity index (χ2n) is 5.45. The Kier molecular flexibility index (Phi) is 4.55. The van der Waals surface area contributed by atoms with Crippen LogP contribution >= 0.6 is 27.7 Å². The van der Waals surface area contributed by atoms with Gasteiger partial charge in [0.25, 0.3) is 0 Å². The van der Waals surface area contributed by atoms with Crippen molar-refractivity contribution in [2.75, 3.05) is 12.0 Å². The van der Waals surface area contributed by atoms with Crippen LogP contribution in [0.15, 0.2) is 69.8 Å². The Balaban J connectivity index is 1.62. The molecule has 2 heterocycles. The van der Waals surface area contributed by atoms with Crippen LogP contribution in [0.1, 0.15) is 12.5 Å². The van der Waals surface area contributed by atoms with Crippen LogP contribution in [0.5, 0.6) is 5.75 Å². The smallest absolute Gasteiger partial charge is 0.193 e. The fourth-order valence-electron chi connectivity index (χ4n) is 2.63. The van der Waals surface area contributed by atoms with Crippen molar-refractivity contribution < 1.29 is 4.74 Å². The third-order valence-electron chi connectivity index (χ3n) is 3.83. The number of hydrogen-bond donors (Lipinski definition) is 1. The lowest BCUT2D eigenvalue weighted by molar-refractivity contribution is 0.340. The van der Waals surface area contributed by atoms with Crippen LogP contribution in [0.25, 0.3) is 17.0 Å². The van der Waals surface area contributed by atoms with Gasteiger partial charge in [-0.3, -0.25) is 5.43 Å². The van der Waals surface area contributed by atoms with E-state index in [9.17, 15) is 0 Å². The normalized spacial score (nSPS) is 13.0. The zero-order valence-electron chi connectivity index (χ0n) is 13.6. The molecule has 4 nitrogen and oxygen atoms in total. The zero-order chi connectivity index (χ0) is 17.2. The van der Waals surface area contributed by atoms with Crippen LogP contribution < -0.4 is 10.2 Å². The fraction of sp³-hybridized carbons (Fsp3) is 0.105. The van der Waals surface area contributed by atoms with E-state index < -0.39 is 0 Å². The predicted octanol–water partition coefficient (Wildman–Crippen LogP) is 5.36. The molecule has 0 bridgehead atoms. The molecule has 0 atom stereocenters. The van der Waals surface area contributed by atoms with E-state index in [1.807, 2.05) is 41.9 Å². The SMILES string of the molecule is CCOc1ccc(C2=CSc3nc(-c4ccccc4)c(Br)n3N2)cc1. The third-order valence-corrected chi connectivity index (χ3v) is 5.40. The largest absolute Gasteiger partial charge is 0.494 e. The Morgan fingerprint density at radius 3 is 2.56 bits per heavy atom. The summed E-state index contributed by atoms with van der Waals surface area (Å²) in [7, 11) is 0. The topological polar surface area (TPSA) is 39.1 Å². The average Bonchev–Trinajstić information content (AvgIpc) is 3.00. The number of imidazole rings is 1. The molecule has 25 heavy (non-hydrogen) atoms. The molecule has 1 N–H and O–H groups in total. The van der Waals surface area contributed by atoms with E-state index in [1.54, 1.807) is 11.8 Å². The molecule has 0 amide bonds. The number of benzene rings is 2. The van der Waals surface area contributed by atoms with Gasteiger partial charge in [0.05, 0.1) is 12.3 Å². The van der Waals surface area contributed by atoms with Crippen LogP contribution in [-0.4, -0.2) is 16.3 Å². The van der Waals surface area contributed by atoms with Crippen LogP contribution in [-0.2, 0) is 0 Å². The van der Waals surface area contributed by atoms with E-state index in [4.69, 9.17) is 9.72 Å². The predicted molar refractivity (Wildman–Crippen MR) is 106 cm³/mol. The summed E-state index contributed by atoms with van der Waals surface area (Å²) < 4.78 is 8.39. The van der Waals surface area contributed by atoms with E-state index in [-0.39, 0.29) is 0 Å². The number of nitrogens with zero attached hydrogens (tertiary/aromatic N) is 2. The minimum Gasteiger partial charge on any atom is -0.494 e. The first-order valence-corrected chi connectivity index (χ1v) is 9.64. The summed E-state index contributed by atoms with van der Waals surface area (Å²) in [5.41, 5.74) is 7.57. The van der Waals surface area contributed by atoms with Gasteiger partial charge in [-0.05, 0) is 47.1 Å². The highest BCUT2D eigenvalue weighted by molar-refractivity contribution is 9.10. The number of hydrogen-bond acceptors (Lipinski definition) is 4. The summed E-state index contributed by atoms with van der Waals surface area (Å²) in [6.07, 6.45) is 0. The molecule has 0 radical (unpaired) electrons. The molecule has 3 aromatic rings. The molecule has 0 unspecified atom stereocenters. The van der Waals surface area contributed by atoms with E-state index in [2.05, 4.69) is 51.0 Å². The molecule has 6 heteroatoms. The molecular weight excluding hydrogens is 398 g/mol. The quantitative estimate of drug-likeness (QED) is 0.624. The summed E-state index contributed by atoms with van der Waals surface area (Å²) in [4.78, 5) is 4.74. The van der Waals surface area contributed by atoms with E-state index >= 15 is 0 Å². The first-order valence-electron chi connectivity index (χ1n) is 7.97. The summed E-state index contributed by atoms with van der Waals surface area (Å²) in [6.45, 7) is 2.65. The van der Waals surface area contributed by atoms with Crippen molar-refractivity contribution in [3.8, 4) is 17.0 Å². The van der Waals surface area contributed by atoms with E-state index in [0.29, 0.717) is 6.61 Å². The molecule has 0 aliphatic carbocycles. The molecule has 0 fully saturated rings. The van der Waals surface area contributed by atoms with Gasteiger partial charge in [0.2, 0.25) is 0 Å². The number of aromatic nitrogens is 2. The van der Waals surface area contributed by atoms with Crippen LogP contribution in [0, 0.1) is 0 Å². The number of halogens is 1. The van der Waals surface area contributed by atoms with Crippen molar-refractivity contribution in [2.24, 2.45) is 0 Å². The zero-order valence-corrected chi connectivity index (χ0v) is 16.0.